The minimum absolute atomic E-state index is 0. The number of likely N-dealkylation sites (N-methyl/N-ethyl adjacent to an activating group) is 1. The average Bonchev–Trinajstić information content (AvgIpc) is 3.45. The molecule has 2 atom stereocenters. The van der Waals surface area contributed by atoms with Crippen LogP contribution in [0.4, 0.5) is 8.78 Å². The van der Waals surface area contributed by atoms with Crippen LogP contribution in [0.2, 0.25) is 0 Å². The highest BCUT2D eigenvalue weighted by Gasteiger charge is 2.49. The second kappa shape index (κ2) is 17.4. The molecular formula is C36H48ClF2N5O5. The van der Waals surface area contributed by atoms with Gasteiger partial charge in [0.1, 0.15) is 11.2 Å². The van der Waals surface area contributed by atoms with Crippen LogP contribution in [0.3, 0.4) is 0 Å². The Balaban J connectivity index is 0.00000541. The van der Waals surface area contributed by atoms with Crippen molar-refractivity contribution in [1.29, 1.82) is 0 Å². The largest absolute Gasteiger partial charge is 0.377 e. The van der Waals surface area contributed by atoms with Gasteiger partial charge in [0.25, 0.3) is 5.91 Å². The summed E-state index contributed by atoms with van der Waals surface area (Å²) < 4.78 is 41.6. The Morgan fingerprint density at radius 1 is 0.918 bits per heavy atom. The van der Waals surface area contributed by atoms with Gasteiger partial charge in [0, 0.05) is 44.2 Å². The van der Waals surface area contributed by atoms with Gasteiger partial charge in [-0.15, -0.1) is 12.4 Å². The summed E-state index contributed by atoms with van der Waals surface area (Å²) in [6, 6.07) is 13.6. The van der Waals surface area contributed by atoms with Crippen molar-refractivity contribution in [3.05, 3.63) is 71.4 Å². The summed E-state index contributed by atoms with van der Waals surface area (Å²) >= 11 is 0. The second-order valence-electron chi connectivity index (χ2n) is 13.0. The van der Waals surface area contributed by atoms with E-state index in [0.717, 1.165) is 49.8 Å². The van der Waals surface area contributed by atoms with Crippen LogP contribution in [-0.4, -0.2) is 90.7 Å². The van der Waals surface area contributed by atoms with Gasteiger partial charge in [-0.1, -0.05) is 49.6 Å². The van der Waals surface area contributed by atoms with Crippen molar-refractivity contribution in [1.82, 2.24) is 19.7 Å². The summed E-state index contributed by atoms with van der Waals surface area (Å²) in [4.78, 5) is 44.0. The fourth-order valence-corrected chi connectivity index (χ4v) is 7.12. The Morgan fingerprint density at radius 3 is 2.20 bits per heavy atom. The van der Waals surface area contributed by atoms with E-state index in [2.05, 4.69) is 5.32 Å². The van der Waals surface area contributed by atoms with Crippen LogP contribution < -0.4 is 11.1 Å². The summed E-state index contributed by atoms with van der Waals surface area (Å²) in [6.07, 6.45) is 4.83. The number of carbonyl (C=O) groups excluding carboxylic acids is 3. The topological polar surface area (TPSA) is 119 Å². The maximum Gasteiger partial charge on any atom is 0.270 e. The fourth-order valence-electron chi connectivity index (χ4n) is 7.12. The predicted molar refractivity (Wildman–Crippen MR) is 185 cm³/mol. The van der Waals surface area contributed by atoms with Crippen LogP contribution in [-0.2, 0) is 32.2 Å². The number of amides is 3. The Labute approximate surface area is 292 Å². The van der Waals surface area contributed by atoms with Gasteiger partial charge in [-0.3, -0.25) is 14.4 Å². The van der Waals surface area contributed by atoms with Crippen molar-refractivity contribution >= 4 is 41.0 Å². The average molecular weight is 704 g/mol. The van der Waals surface area contributed by atoms with Crippen LogP contribution in [0.15, 0.2) is 48.5 Å². The number of nitrogens with two attached hydrogens (primary N) is 1. The molecule has 3 aromatic rings. The zero-order chi connectivity index (χ0) is 34.3. The SMILES string of the molecule is CNC(C)(C(N)=O)[C@H](C(=O)N1CCN(C(=O)c2cc3cc(F)c(F)cc3n2CCOCCOCc2ccccc2)CC1)C1CCCCC1.Cl. The highest BCUT2D eigenvalue weighted by atomic mass is 35.5. The van der Waals surface area contributed by atoms with E-state index in [-0.39, 0.29) is 62.1 Å². The molecule has 1 aliphatic carbocycles. The molecule has 1 saturated carbocycles. The molecule has 49 heavy (non-hydrogen) atoms. The number of nitrogens with zero attached hydrogens (tertiary/aromatic N) is 3. The van der Waals surface area contributed by atoms with Crippen molar-refractivity contribution in [2.45, 2.75) is 57.7 Å². The number of ether oxygens (including phenoxy) is 2. The van der Waals surface area contributed by atoms with Gasteiger partial charge in [-0.05, 0) is 50.4 Å². The molecule has 3 amide bonds. The quantitative estimate of drug-likeness (QED) is 0.239. The lowest BCUT2D eigenvalue weighted by atomic mass is 9.69. The molecule has 2 aromatic carbocycles. The lowest BCUT2D eigenvalue weighted by Crippen LogP contribution is -2.64. The summed E-state index contributed by atoms with van der Waals surface area (Å²) in [5.74, 6) is -3.56. The number of nitrogens with one attached hydrogen (secondary N) is 1. The van der Waals surface area contributed by atoms with Crippen molar-refractivity contribution in [3.8, 4) is 0 Å². The number of piperazine rings is 1. The van der Waals surface area contributed by atoms with Gasteiger partial charge in [0.05, 0.1) is 37.9 Å². The molecule has 1 aromatic heterocycles. The number of halogens is 3. The summed E-state index contributed by atoms with van der Waals surface area (Å²) in [5.41, 5.74) is 6.38. The smallest absolute Gasteiger partial charge is 0.270 e. The number of fused-ring (bicyclic) bond motifs is 1. The minimum atomic E-state index is -1.20. The molecule has 3 N–H and O–H groups in total. The molecule has 10 nitrogen and oxygen atoms in total. The van der Waals surface area contributed by atoms with Crippen LogP contribution in [0.5, 0.6) is 0 Å². The number of rotatable bonds is 14. The van der Waals surface area contributed by atoms with Gasteiger partial charge in [0.2, 0.25) is 11.8 Å². The van der Waals surface area contributed by atoms with Gasteiger partial charge in [0.15, 0.2) is 11.6 Å². The monoisotopic (exact) mass is 703 g/mol. The molecule has 0 spiro atoms. The first-order valence-electron chi connectivity index (χ1n) is 16.9. The van der Waals surface area contributed by atoms with E-state index in [0.29, 0.717) is 43.8 Å². The summed E-state index contributed by atoms with van der Waals surface area (Å²) in [6.45, 7) is 4.49. The third kappa shape index (κ3) is 8.78. The first-order chi connectivity index (χ1) is 23.1. The third-order valence-corrected chi connectivity index (χ3v) is 10.0. The molecule has 5 rings (SSSR count). The van der Waals surface area contributed by atoms with Gasteiger partial charge in [-0.25, -0.2) is 8.78 Å². The number of carbonyl (C=O) groups is 3. The van der Waals surface area contributed by atoms with Gasteiger partial charge >= 0.3 is 0 Å². The molecule has 2 heterocycles. The standard InChI is InChI=1S/C36H47F2N5O5.ClH/c1-36(40-2,35(39)46)32(26-11-7-4-8-12-26)34(45)42-15-13-41(14-16-42)33(44)31-22-27-21-28(37)29(38)23-30(27)43(31)17-18-47-19-20-48-24-25-9-5-3-6-10-25;/h3,5-6,9-10,21-23,26,32,40H,4,7-8,11-20,24H2,1-2H3,(H2,39,46);1H/t32-,36?;/m0./s1. The number of aromatic nitrogens is 1. The molecule has 0 radical (unpaired) electrons. The molecule has 2 aliphatic rings. The zero-order valence-corrected chi connectivity index (χ0v) is 29.1. The molecule has 13 heteroatoms. The second-order valence-corrected chi connectivity index (χ2v) is 13.0. The van der Waals surface area contributed by atoms with Gasteiger partial charge in [-0.2, -0.15) is 0 Å². The molecule has 1 unspecified atom stereocenters. The molecule has 2 fully saturated rings. The Morgan fingerprint density at radius 2 is 1.55 bits per heavy atom. The normalized spacial score (nSPS) is 17.4. The van der Waals surface area contributed by atoms with E-state index in [1.54, 1.807) is 34.4 Å². The van der Waals surface area contributed by atoms with Crippen LogP contribution >= 0.6 is 12.4 Å². The van der Waals surface area contributed by atoms with Crippen LogP contribution in [0.25, 0.3) is 10.9 Å². The minimum Gasteiger partial charge on any atom is -0.377 e. The molecule has 0 bridgehead atoms. The first kappa shape index (κ1) is 38.2. The highest BCUT2D eigenvalue weighted by Crippen LogP contribution is 2.37. The van der Waals surface area contributed by atoms with Crippen molar-refractivity contribution in [2.75, 3.05) is 53.0 Å². The fraction of sp³-hybridized carbons (Fsp3) is 0.528. The zero-order valence-electron chi connectivity index (χ0n) is 28.3. The predicted octanol–water partition coefficient (Wildman–Crippen LogP) is 4.52. The van der Waals surface area contributed by atoms with E-state index in [4.69, 9.17) is 15.2 Å². The van der Waals surface area contributed by atoms with E-state index < -0.39 is 29.0 Å². The Hall–Kier alpha value is -3.58. The van der Waals surface area contributed by atoms with Crippen molar-refractivity contribution in [2.24, 2.45) is 17.6 Å². The highest BCUT2D eigenvalue weighted by molar-refractivity contribution is 5.99. The molecule has 1 saturated heterocycles. The number of hydrogen-bond acceptors (Lipinski definition) is 6. The van der Waals surface area contributed by atoms with Crippen molar-refractivity contribution < 1.29 is 32.6 Å². The number of benzene rings is 2. The Kier molecular flexibility index (Phi) is 13.6. The van der Waals surface area contributed by atoms with E-state index in [9.17, 15) is 23.2 Å². The number of primary amides is 1. The molecular weight excluding hydrogens is 656 g/mol. The van der Waals surface area contributed by atoms with E-state index in [1.165, 1.54) is 0 Å². The first-order valence-corrected chi connectivity index (χ1v) is 16.9. The lowest BCUT2D eigenvalue weighted by Gasteiger charge is -2.44. The summed E-state index contributed by atoms with van der Waals surface area (Å²) in [5, 5.41) is 3.46. The molecule has 268 valence electrons. The summed E-state index contributed by atoms with van der Waals surface area (Å²) in [7, 11) is 1.66. The van der Waals surface area contributed by atoms with Crippen LogP contribution in [0.1, 0.15) is 55.1 Å². The van der Waals surface area contributed by atoms with Gasteiger partial charge < -0.3 is 34.9 Å². The maximum absolute atomic E-state index is 14.3. The maximum atomic E-state index is 14.3. The van der Waals surface area contributed by atoms with Crippen LogP contribution in [0, 0.1) is 23.5 Å². The number of hydrogen-bond donors (Lipinski definition) is 2. The Bertz CT molecular complexity index is 1580. The molecule has 1 aliphatic heterocycles. The third-order valence-electron chi connectivity index (χ3n) is 10.0. The van der Waals surface area contributed by atoms with E-state index in [1.807, 2.05) is 30.3 Å². The van der Waals surface area contributed by atoms with E-state index >= 15 is 0 Å². The lowest BCUT2D eigenvalue weighted by molar-refractivity contribution is -0.147. The van der Waals surface area contributed by atoms with Crippen molar-refractivity contribution in [3.63, 3.8) is 0 Å².